The number of pyridine rings is 1. The van der Waals surface area contributed by atoms with E-state index in [2.05, 4.69) is 42.0 Å². The second kappa shape index (κ2) is 4.88. The van der Waals surface area contributed by atoms with Crippen LogP contribution in [-0.4, -0.2) is 24.2 Å². The first-order valence-electron chi connectivity index (χ1n) is 7.56. The molecule has 0 saturated carbocycles. The van der Waals surface area contributed by atoms with Gasteiger partial charge in [-0.3, -0.25) is 0 Å². The molecule has 0 atom stereocenters. The van der Waals surface area contributed by atoms with E-state index in [4.69, 9.17) is 9.47 Å². The molecule has 0 fully saturated rings. The molecule has 0 saturated heterocycles. The lowest BCUT2D eigenvalue weighted by atomic mass is 10.0. The van der Waals surface area contributed by atoms with Crippen LogP contribution in [0, 0.1) is 13.8 Å². The minimum atomic E-state index is 0.600. The topological polar surface area (TPSA) is 47.1 Å². The molecule has 2 heterocycles. The van der Waals surface area contributed by atoms with Gasteiger partial charge in [-0.2, -0.15) is 0 Å². The van der Waals surface area contributed by atoms with Crippen LogP contribution in [0.5, 0.6) is 11.6 Å². The summed E-state index contributed by atoms with van der Waals surface area (Å²) in [6, 6.07) is 10.4. The standard InChI is InChI=1S/C19H18N2O2/c1-10-5-6-12-13(7-10)20-14-9-15(22-3)19-17(18(12)14)11(2)8-16(21-19)23-4/h5-9,20H,1-4H3. The molecule has 23 heavy (non-hydrogen) atoms. The second-order valence-corrected chi connectivity index (χ2v) is 5.88. The molecule has 0 unspecified atom stereocenters. The Morgan fingerprint density at radius 1 is 0.913 bits per heavy atom. The van der Waals surface area contributed by atoms with Gasteiger partial charge in [0.1, 0.15) is 11.3 Å². The number of ether oxygens (including phenoxy) is 2. The van der Waals surface area contributed by atoms with E-state index in [0.717, 1.165) is 33.2 Å². The van der Waals surface area contributed by atoms with Crippen molar-refractivity contribution in [2.75, 3.05) is 14.2 Å². The SMILES string of the molecule is COc1cc(C)c2c(n1)c(OC)cc1[nH]c3cc(C)ccc3c12. The third-order valence-electron chi connectivity index (χ3n) is 4.36. The molecule has 0 spiro atoms. The summed E-state index contributed by atoms with van der Waals surface area (Å²) in [6.45, 7) is 4.18. The average Bonchev–Trinajstić information content (AvgIpc) is 2.90. The van der Waals surface area contributed by atoms with Crippen LogP contribution in [0.25, 0.3) is 32.7 Å². The summed E-state index contributed by atoms with van der Waals surface area (Å²) < 4.78 is 10.9. The fourth-order valence-electron chi connectivity index (χ4n) is 3.31. The highest BCUT2D eigenvalue weighted by atomic mass is 16.5. The first-order valence-corrected chi connectivity index (χ1v) is 7.56. The number of rotatable bonds is 2. The van der Waals surface area contributed by atoms with Crippen LogP contribution in [-0.2, 0) is 0 Å². The van der Waals surface area contributed by atoms with Crippen LogP contribution in [0.1, 0.15) is 11.1 Å². The number of hydrogen-bond donors (Lipinski definition) is 1. The highest BCUT2D eigenvalue weighted by Crippen LogP contribution is 2.39. The zero-order valence-corrected chi connectivity index (χ0v) is 13.7. The summed E-state index contributed by atoms with van der Waals surface area (Å²) >= 11 is 0. The molecule has 4 nitrogen and oxygen atoms in total. The molecule has 2 aromatic heterocycles. The zero-order chi connectivity index (χ0) is 16.1. The lowest BCUT2D eigenvalue weighted by molar-refractivity contribution is 0.396. The fraction of sp³-hybridized carbons (Fsp3) is 0.211. The van der Waals surface area contributed by atoms with Crippen LogP contribution >= 0.6 is 0 Å². The Morgan fingerprint density at radius 3 is 2.48 bits per heavy atom. The number of aromatic amines is 1. The van der Waals surface area contributed by atoms with E-state index in [9.17, 15) is 0 Å². The van der Waals surface area contributed by atoms with E-state index in [1.54, 1.807) is 14.2 Å². The molecule has 116 valence electrons. The minimum Gasteiger partial charge on any atom is -0.494 e. The van der Waals surface area contributed by atoms with Crippen LogP contribution in [0.2, 0.25) is 0 Å². The number of aryl methyl sites for hydroxylation is 2. The summed E-state index contributed by atoms with van der Waals surface area (Å²) in [6.07, 6.45) is 0. The monoisotopic (exact) mass is 306 g/mol. The zero-order valence-electron chi connectivity index (χ0n) is 13.7. The van der Waals surface area contributed by atoms with Crippen molar-refractivity contribution in [3.63, 3.8) is 0 Å². The predicted octanol–water partition coefficient (Wildman–Crippen LogP) is 4.50. The Balaban J connectivity index is 2.28. The van der Waals surface area contributed by atoms with Gasteiger partial charge < -0.3 is 14.5 Å². The molecule has 1 N–H and O–H groups in total. The Kier molecular flexibility index (Phi) is 2.94. The van der Waals surface area contributed by atoms with Gasteiger partial charge in [0.25, 0.3) is 0 Å². The molecule has 0 aliphatic heterocycles. The lowest BCUT2D eigenvalue weighted by Crippen LogP contribution is -1.94. The highest BCUT2D eigenvalue weighted by molar-refractivity contribution is 6.21. The summed E-state index contributed by atoms with van der Waals surface area (Å²) in [5.74, 6) is 1.35. The summed E-state index contributed by atoms with van der Waals surface area (Å²) in [4.78, 5) is 8.12. The van der Waals surface area contributed by atoms with Crippen molar-refractivity contribution >= 4 is 32.7 Å². The van der Waals surface area contributed by atoms with Gasteiger partial charge in [-0.15, -0.1) is 0 Å². The Bertz CT molecular complexity index is 1060. The first-order chi connectivity index (χ1) is 11.1. The van der Waals surface area contributed by atoms with E-state index in [-0.39, 0.29) is 0 Å². The second-order valence-electron chi connectivity index (χ2n) is 5.88. The molecule has 2 aromatic carbocycles. The van der Waals surface area contributed by atoms with E-state index in [0.29, 0.717) is 5.88 Å². The van der Waals surface area contributed by atoms with Gasteiger partial charge in [-0.1, -0.05) is 12.1 Å². The average molecular weight is 306 g/mol. The van der Waals surface area contributed by atoms with E-state index < -0.39 is 0 Å². The van der Waals surface area contributed by atoms with Crippen LogP contribution in [0.4, 0.5) is 0 Å². The number of hydrogen-bond acceptors (Lipinski definition) is 3. The van der Waals surface area contributed by atoms with Gasteiger partial charge in [0.2, 0.25) is 5.88 Å². The number of nitrogens with one attached hydrogen (secondary N) is 1. The molecular formula is C19H18N2O2. The Labute approximate surface area is 134 Å². The maximum Gasteiger partial charge on any atom is 0.213 e. The van der Waals surface area contributed by atoms with Gasteiger partial charge in [0.05, 0.1) is 19.7 Å². The lowest BCUT2D eigenvalue weighted by Gasteiger charge is -2.11. The van der Waals surface area contributed by atoms with Crippen molar-refractivity contribution in [2.24, 2.45) is 0 Å². The molecule has 0 aliphatic rings. The van der Waals surface area contributed by atoms with Crippen LogP contribution in [0.3, 0.4) is 0 Å². The van der Waals surface area contributed by atoms with E-state index in [1.165, 1.54) is 16.3 Å². The van der Waals surface area contributed by atoms with E-state index >= 15 is 0 Å². The number of methoxy groups -OCH3 is 2. The maximum atomic E-state index is 5.57. The van der Waals surface area contributed by atoms with Crippen molar-refractivity contribution in [3.05, 3.63) is 41.5 Å². The predicted molar refractivity (Wildman–Crippen MR) is 93.7 cm³/mol. The van der Waals surface area contributed by atoms with E-state index in [1.807, 2.05) is 12.1 Å². The molecule has 0 radical (unpaired) electrons. The Morgan fingerprint density at radius 2 is 1.74 bits per heavy atom. The number of fused-ring (bicyclic) bond motifs is 5. The van der Waals surface area contributed by atoms with Gasteiger partial charge in [0.15, 0.2) is 0 Å². The number of aromatic nitrogens is 2. The number of H-pyrrole nitrogens is 1. The summed E-state index contributed by atoms with van der Waals surface area (Å²) in [5.41, 5.74) is 5.38. The highest BCUT2D eigenvalue weighted by Gasteiger charge is 2.16. The number of benzene rings is 2. The smallest absolute Gasteiger partial charge is 0.213 e. The Hall–Kier alpha value is -2.75. The van der Waals surface area contributed by atoms with Gasteiger partial charge in [-0.25, -0.2) is 4.98 Å². The van der Waals surface area contributed by atoms with Gasteiger partial charge >= 0.3 is 0 Å². The van der Waals surface area contributed by atoms with Crippen molar-refractivity contribution in [1.29, 1.82) is 0 Å². The van der Waals surface area contributed by atoms with Crippen molar-refractivity contribution in [2.45, 2.75) is 13.8 Å². The molecule has 4 rings (SSSR count). The van der Waals surface area contributed by atoms with Crippen molar-refractivity contribution in [3.8, 4) is 11.6 Å². The molecule has 0 amide bonds. The summed E-state index contributed by atoms with van der Waals surface area (Å²) in [5, 5.41) is 3.49. The molecular weight excluding hydrogens is 288 g/mol. The normalized spacial score (nSPS) is 11.5. The van der Waals surface area contributed by atoms with Crippen LogP contribution in [0.15, 0.2) is 30.3 Å². The minimum absolute atomic E-state index is 0.600. The van der Waals surface area contributed by atoms with Gasteiger partial charge in [-0.05, 0) is 31.0 Å². The summed E-state index contributed by atoms with van der Waals surface area (Å²) in [7, 11) is 3.30. The first kappa shape index (κ1) is 13.9. The van der Waals surface area contributed by atoms with Crippen molar-refractivity contribution < 1.29 is 9.47 Å². The third-order valence-corrected chi connectivity index (χ3v) is 4.36. The third kappa shape index (κ3) is 1.95. The number of nitrogens with zero attached hydrogens (tertiary/aromatic N) is 1. The van der Waals surface area contributed by atoms with Gasteiger partial charge in [0, 0.05) is 33.8 Å². The maximum absolute atomic E-state index is 5.57. The quantitative estimate of drug-likeness (QED) is 0.593. The molecule has 4 aromatic rings. The molecule has 4 heteroatoms. The molecule has 0 aliphatic carbocycles. The van der Waals surface area contributed by atoms with Crippen LogP contribution < -0.4 is 9.47 Å². The van der Waals surface area contributed by atoms with Crippen molar-refractivity contribution in [1.82, 2.24) is 9.97 Å². The molecule has 0 bridgehead atoms. The fourth-order valence-corrected chi connectivity index (χ4v) is 3.31. The largest absolute Gasteiger partial charge is 0.494 e.